The van der Waals surface area contributed by atoms with Crippen LogP contribution in [0.15, 0.2) is 18.2 Å². The van der Waals surface area contributed by atoms with E-state index in [1.165, 1.54) is 62.5 Å². The van der Waals surface area contributed by atoms with Crippen LogP contribution < -0.4 is 4.74 Å². The molecule has 1 fully saturated rings. The molecule has 0 aliphatic heterocycles. The van der Waals surface area contributed by atoms with Gasteiger partial charge in [0, 0.05) is 6.42 Å². The van der Waals surface area contributed by atoms with Crippen LogP contribution in [0.5, 0.6) is 5.75 Å². The van der Waals surface area contributed by atoms with Gasteiger partial charge in [0.1, 0.15) is 5.75 Å². The van der Waals surface area contributed by atoms with Gasteiger partial charge >= 0.3 is 5.97 Å². The molecule has 3 rings (SSSR count). The zero-order valence-corrected chi connectivity index (χ0v) is 12.9. The Bertz CT molecular complexity index is 486. The number of ether oxygens (including phenoxy) is 1. The largest absolute Gasteiger partial charge is 0.427 e. The summed E-state index contributed by atoms with van der Waals surface area (Å²) in [6.45, 7) is 0. The van der Waals surface area contributed by atoms with Gasteiger partial charge in [-0.2, -0.15) is 0 Å². The standard InChI is InChI=1S/C19H26O2/c20-19(13-10-15-6-2-1-3-7-15)21-18-12-11-16-8-4-5-9-17(16)14-18/h11-12,14-15H,1-10,13H2. The molecule has 0 N–H and O–H groups in total. The highest BCUT2D eigenvalue weighted by Gasteiger charge is 2.16. The van der Waals surface area contributed by atoms with Crippen LogP contribution >= 0.6 is 0 Å². The molecule has 0 spiro atoms. The van der Waals surface area contributed by atoms with Gasteiger partial charge in [0.15, 0.2) is 0 Å². The van der Waals surface area contributed by atoms with Crippen molar-refractivity contribution in [2.75, 3.05) is 0 Å². The molecule has 0 bridgehead atoms. The predicted octanol–water partition coefficient (Wildman–Crippen LogP) is 4.83. The maximum atomic E-state index is 12.0. The van der Waals surface area contributed by atoms with E-state index >= 15 is 0 Å². The first kappa shape index (κ1) is 14.6. The zero-order valence-electron chi connectivity index (χ0n) is 12.9. The third kappa shape index (κ3) is 4.09. The van der Waals surface area contributed by atoms with E-state index in [1.807, 2.05) is 6.07 Å². The highest BCUT2D eigenvalue weighted by atomic mass is 16.5. The Labute approximate surface area is 127 Å². The van der Waals surface area contributed by atoms with Crippen molar-refractivity contribution in [1.82, 2.24) is 0 Å². The van der Waals surface area contributed by atoms with E-state index in [2.05, 4.69) is 12.1 Å². The number of rotatable bonds is 4. The second-order valence-corrected chi connectivity index (χ2v) is 6.65. The average molecular weight is 286 g/mol. The van der Waals surface area contributed by atoms with Gasteiger partial charge in [0.25, 0.3) is 0 Å². The summed E-state index contributed by atoms with van der Waals surface area (Å²) in [4.78, 5) is 12.0. The molecule has 2 aliphatic carbocycles. The zero-order chi connectivity index (χ0) is 14.5. The Morgan fingerprint density at radius 3 is 2.57 bits per heavy atom. The van der Waals surface area contributed by atoms with Crippen LogP contribution in [0.3, 0.4) is 0 Å². The number of carbonyl (C=O) groups is 1. The minimum absolute atomic E-state index is 0.0590. The lowest BCUT2D eigenvalue weighted by Gasteiger charge is -2.21. The smallest absolute Gasteiger partial charge is 0.311 e. The molecule has 2 nitrogen and oxygen atoms in total. The number of aryl methyl sites for hydroxylation is 2. The molecule has 1 aromatic rings. The van der Waals surface area contributed by atoms with Gasteiger partial charge in [0.05, 0.1) is 0 Å². The molecular formula is C19H26O2. The molecule has 0 saturated heterocycles. The second kappa shape index (κ2) is 7.11. The van der Waals surface area contributed by atoms with E-state index in [0.717, 1.165) is 24.5 Å². The lowest BCUT2D eigenvalue weighted by molar-refractivity contribution is -0.134. The lowest BCUT2D eigenvalue weighted by atomic mass is 9.86. The Hall–Kier alpha value is -1.31. The monoisotopic (exact) mass is 286 g/mol. The van der Waals surface area contributed by atoms with Crippen LogP contribution in [0.2, 0.25) is 0 Å². The summed E-state index contributed by atoms with van der Waals surface area (Å²) in [5.74, 6) is 1.43. The summed E-state index contributed by atoms with van der Waals surface area (Å²) in [6.07, 6.45) is 13.1. The van der Waals surface area contributed by atoms with Crippen molar-refractivity contribution in [3.63, 3.8) is 0 Å². The van der Waals surface area contributed by atoms with E-state index < -0.39 is 0 Å². The van der Waals surface area contributed by atoms with E-state index in [0.29, 0.717) is 6.42 Å². The van der Waals surface area contributed by atoms with Crippen molar-refractivity contribution in [3.05, 3.63) is 29.3 Å². The molecule has 0 radical (unpaired) electrons. The highest BCUT2D eigenvalue weighted by molar-refractivity contribution is 5.72. The summed E-state index contributed by atoms with van der Waals surface area (Å²) in [5, 5.41) is 0. The Balaban J connectivity index is 1.50. The van der Waals surface area contributed by atoms with Gasteiger partial charge in [-0.15, -0.1) is 0 Å². The average Bonchev–Trinajstić information content (AvgIpc) is 2.54. The second-order valence-electron chi connectivity index (χ2n) is 6.65. The minimum Gasteiger partial charge on any atom is -0.427 e. The first-order valence-electron chi connectivity index (χ1n) is 8.64. The Kier molecular flexibility index (Phi) is 4.95. The first-order chi connectivity index (χ1) is 10.3. The summed E-state index contributed by atoms with van der Waals surface area (Å²) in [6, 6.07) is 6.17. The third-order valence-corrected chi connectivity index (χ3v) is 5.03. The van der Waals surface area contributed by atoms with Gasteiger partial charge in [-0.3, -0.25) is 4.79 Å². The number of fused-ring (bicyclic) bond motifs is 1. The fraction of sp³-hybridized carbons (Fsp3) is 0.632. The van der Waals surface area contributed by atoms with Crippen LogP contribution in [-0.2, 0) is 17.6 Å². The predicted molar refractivity (Wildman–Crippen MR) is 84.5 cm³/mol. The molecule has 1 aromatic carbocycles. The number of hydrogen-bond acceptors (Lipinski definition) is 2. The van der Waals surface area contributed by atoms with Crippen molar-refractivity contribution in [3.8, 4) is 5.75 Å². The van der Waals surface area contributed by atoms with E-state index in [9.17, 15) is 4.79 Å². The number of hydrogen-bond donors (Lipinski definition) is 0. The summed E-state index contributed by atoms with van der Waals surface area (Å²) in [7, 11) is 0. The fourth-order valence-electron chi connectivity index (χ4n) is 3.75. The number of esters is 1. The van der Waals surface area contributed by atoms with E-state index in [-0.39, 0.29) is 5.97 Å². The van der Waals surface area contributed by atoms with Gasteiger partial charge < -0.3 is 4.74 Å². The Morgan fingerprint density at radius 1 is 1.00 bits per heavy atom. The van der Waals surface area contributed by atoms with Crippen LogP contribution in [0, 0.1) is 5.92 Å². The van der Waals surface area contributed by atoms with Crippen LogP contribution in [-0.4, -0.2) is 5.97 Å². The molecule has 2 heteroatoms. The van der Waals surface area contributed by atoms with Crippen molar-refractivity contribution in [2.24, 2.45) is 5.92 Å². The molecule has 114 valence electrons. The molecule has 2 aliphatic rings. The molecule has 0 amide bonds. The SMILES string of the molecule is O=C(CCC1CCCCC1)Oc1ccc2c(c1)CCCC2. The molecule has 21 heavy (non-hydrogen) atoms. The number of benzene rings is 1. The summed E-state index contributed by atoms with van der Waals surface area (Å²) in [5.41, 5.74) is 2.81. The maximum Gasteiger partial charge on any atom is 0.311 e. The van der Waals surface area contributed by atoms with Gasteiger partial charge in [-0.25, -0.2) is 0 Å². The van der Waals surface area contributed by atoms with E-state index in [4.69, 9.17) is 4.74 Å². The molecule has 0 aromatic heterocycles. The maximum absolute atomic E-state index is 12.0. The van der Waals surface area contributed by atoms with Crippen molar-refractivity contribution in [1.29, 1.82) is 0 Å². The molecule has 0 heterocycles. The third-order valence-electron chi connectivity index (χ3n) is 5.03. The first-order valence-corrected chi connectivity index (χ1v) is 8.64. The van der Waals surface area contributed by atoms with Crippen LogP contribution in [0.25, 0.3) is 0 Å². The van der Waals surface area contributed by atoms with Crippen molar-refractivity contribution in [2.45, 2.75) is 70.6 Å². The summed E-state index contributed by atoms with van der Waals surface area (Å²) >= 11 is 0. The molecule has 1 saturated carbocycles. The fourth-order valence-corrected chi connectivity index (χ4v) is 3.75. The van der Waals surface area contributed by atoms with Crippen LogP contribution in [0.4, 0.5) is 0 Å². The van der Waals surface area contributed by atoms with Crippen LogP contribution in [0.1, 0.15) is 68.9 Å². The van der Waals surface area contributed by atoms with Crippen molar-refractivity contribution >= 4 is 5.97 Å². The van der Waals surface area contributed by atoms with Gasteiger partial charge in [0.2, 0.25) is 0 Å². The van der Waals surface area contributed by atoms with Crippen molar-refractivity contribution < 1.29 is 9.53 Å². The molecule has 0 atom stereocenters. The summed E-state index contributed by atoms with van der Waals surface area (Å²) < 4.78 is 5.53. The molecular weight excluding hydrogens is 260 g/mol. The Morgan fingerprint density at radius 2 is 1.76 bits per heavy atom. The quantitative estimate of drug-likeness (QED) is 0.585. The topological polar surface area (TPSA) is 26.3 Å². The number of carbonyl (C=O) groups excluding carboxylic acids is 1. The normalized spacial score (nSPS) is 19.0. The van der Waals surface area contributed by atoms with Gasteiger partial charge in [-0.05, 0) is 61.3 Å². The van der Waals surface area contributed by atoms with E-state index in [1.54, 1.807) is 0 Å². The lowest BCUT2D eigenvalue weighted by Crippen LogP contribution is -2.13. The minimum atomic E-state index is -0.0590. The molecule has 0 unspecified atom stereocenters. The van der Waals surface area contributed by atoms with Gasteiger partial charge in [-0.1, -0.05) is 38.2 Å². The highest BCUT2D eigenvalue weighted by Crippen LogP contribution is 2.28.